The van der Waals surface area contributed by atoms with Gasteiger partial charge in [0.1, 0.15) is 5.82 Å². The van der Waals surface area contributed by atoms with Gasteiger partial charge in [0.15, 0.2) is 0 Å². The van der Waals surface area contributed by atoms with Gasteiger partial charge in [-0.3, -0.25) is 9.10 Å². The highest BCUT2D eigenvalue weighted by Gasteiger charge is 2.28. The molecule has 6 nitrogen and oxygen atoms in total. The summed E-state index contributed by atoms with van der Waals surface area (Å²) in [6.07, 6.45) is 2.42. The van der Waals surface area contributed by atoms with Crippen molar-refractivity contribution >= 4 is 27.3 Å². The molecule has 144 valence electrons. The van der Waals surface area contributed by atoms with Crippen LogP contribution >= 0.6 is 0 Å². The number of sulfonamides is 1. The van der Waals surface area contributed by atoms with Gasteiger partial charge in [0.25, 0.3) is 5.91 Å². The molecular formula is C19H21FN2O4S. The minimum Gasteiger partial charge on any atom is -0.381 e. The number of ether oxygens (including phenoxy) is 1. The summed E-state index contributed by atoms with van der Waals surface area (Å²) < 4.78 is 45.0. The van der Waals surface area contributed by atoms with E-state index in [-0.39, 0.29) is 11.6 Å². The smallest absolute Gasteiger partial charge is 0.258 e. The number of carbonyl (C=O) groups is 1. The van der Waals surface area contributed by atoms with Crippen LogP contribution in [0.2, 0.25) is 0 Å². The second-order valence-electron chi connectivity index (χ2n) is 6.38. The number of halogens is 1. The third kappa shape index (κ3) is 4.64. The van der Waals surface area contributed by atoms with E-state index in [0.29, 0.717) is 37.4 Å². The fourth-order valence-corrected chi connectivity index (χ4v) is 4.39. The molecule has 3 rings (SSSR count). The van der Waals surface area contributed by atoms with E-state index in [2.05, 4.69) is 5.32 Å². The zero-order valence-electron chi connectivity index (χ0n) is 14.9. The van der Waals surface area contributed by atoms with Gasteiger partial charge in [-0.2, -0.15) is 0 Å². The van der Waals surface area contributed by atoms with Crippen LogP contribution in [0.3, 0.4) is 0 Å². The van der Waals surface area contributed by atoms with Crippen LogP contribution in [0.1, 0.15) is 23.2 Å². The van der Waals surface area contributed by atoms with Crippen LogP contribution < -0.4 is 9.62 Å². The Hall–Kier alpha value is -2.45. The first kappa shape index (κ1) is 19.3. The van der Waals surface area contributed by atoms with E-state index >= 15 is 0 Å². The Balaban J connectivity index is 1.79. The molecule has 1 aliphatic heterocycles. The molecule has 0 bridgehead atoms. The Kier molecular flexibility index (Phi) is 5.76. The number of hydrogen-bond acceptors (Lipinski definition) is 4. The van der Waals surface area contributed by atoms with Crippen LogP contribution in [0.4, 0.5) is 15.8 Å². The predicted octanol–water partition coefficient (Wildman–Crippen LogP) is 3.02. The van der Waals surface area contributed by atoms with Crippen molar-refractivity contribution in [3.63, 3.8) is 0 Å². The average Bonchev–Trinajstić information content (AvgIpc) is 2.63. The monoisotopic (exact) mass is 392 g/mol. The molecule has 0 radical (unpaired) electrons. The van der Waals surface area contributed by atoms with Crippen molar-refractivity contribution in [2.75, 3.05) is 29.1 Å². The van der Waals surface area contributed by atoms with Crippen LogP contribution in [0.25, 0.3) is 0 Å². The SMILES string of the molecule is CS(=O)(=O)N(c1ccc(NC(=O)c2ccccc2F)cc1)C1CCOCC1. The summed E-state index contributed by atoms with van der Waals surface area (Å²) in [6.45, 7) is 1.04. The lowest BCUT2D eigenvalue weighted by Gasteiger charge is -2.34. The first-order chi connectivity index (χ1) is 12.9. The highest BCUT2D eigenvalue weighted by atomic mass is 32.2. The lowest BCUT2D eigenvalue weighted by Crippen LogP contribution is -2.43. The van der Waals surface area contributed by atoms with Gasteiger partial charge in [0.2, 0.25) is 10.0 Å². The molecular weight excluding hydrogens is 371 g/mol. The van der Waals surface area contributed by atoms with E-state index in [4.69, 9.17) is 4.74 Å². The van der Waals surface area contributed by atoms with Gasteiger partial charge >= 0.3 is 0 Å². The van der Waals surface area contributed by atoms with E-state index in [1.807, 2.05) is 0 Å². The number of nitrogens with zero attached hydrogens (tertiary/aromatic N) is 1. The van der Waals surface area contributed by atoms with Gasteiger partial charge in [0.05, 0.1) is 17.5 Å². The molecule has 1 heterocycles. The number of carbonyl (C=O) groups excluding carboxylic acids is 1. The Morgan fingerprint density at radius 2 is 1.74 bits per heavy atom. The van der Waals surface area contributed by atoms with Crippen molar-refractivity contribution in [1.29, 1.82) is 0 Å². The van der Waals surface area contributed by atoms with Crippen molar-refractivity contribution in [1.82, 2.24) is 0 Å². The van der Waals surface area contributed by atoms with Crippen molar-refractivity contribution in [2.24, 2.45) is 0 Å². The van der Waals surface area contributed by atoms with Gasteiger partial charge in [-0.25, -0.2) is 12.8 Å². The molecule has 8 heteroatoms. The maximum atomic E-state index is 13.7. The van der Waals surface area contributed by atoms with E-state index < -0.39 is 21.7 Å². The third-order valence-electron chi connectivity index (χ3n) is 4.38. The summed E-state index contributed by atoms with van der Waals surface area (Å²) in [6, 6.07) is 12.0. The average molecular weight is 392 g/mol. The summed E-state index contributed by atoms with van der Waals surface area (Å²) in [5.74, 6) is -1.17. The predicted molar refractivity (Wildman–Crippen MR) is 102 cm³/mol. The standard InChI is InChI=1S/C19H21FN2O4S/c1-27(24,25)22(16-10-12-26-13-11-16)15-8-6-14(7-9-15)21-19(23)17-4-2-3-5-18(17)20/h2-9,16H,10-13H2,1H3,(H,21,23). The summed E-state index contributed by atoms with van der Waals surface area (Å²) in [7, 11) is -3.46. The number of nitrogens with one attached hydrogen (secondary N) is 1. The van der Waals surface area contributed by atoms with Crippen LogP contribution in [0.5, 0.6) is 0 Å². The van der Waals surface area contributed by atoms with Crippen molar-refractivity contribution in [3.05, 3.63) is 59.9 Å². The molecule has 0 atom stereocenters. The fraction of sp³-hybridized carbons (Fsp3) is 0.316. The van der Waals surface area contributed by atoms with Crippen molar-refractivity contribution < 1.29 is 22.3 Å². The molecule has 0 saturated carbocycles. The van der Waals surface area contributed by atoms with Crippen LogP contribution in [-0.4, -0.2) is 39.8 Å². The third-order valence-corrected chi connectivity index (χ3v) is 5.60. The Bertz CT molecular complexity index is 910. The summed E-state index contributed by atoms with van der Waals surface area (Å²) in [4.78, 5) is 12.2. The maximum Gasteiger partial charge on any atom is 0.258 e. The fourth-order valence-electron chi connectivity index (χ4n) is 3.13. The number of benzene rings is 2. The normalized spacial score (nSPS) is 15.3. The summed E-state index contributed by atoms with van der Waals surface area (Å²) in [5.41, 5.74) is 0.919. The molecule has 0 aliphatic carbocycles. The minimum absolute atomic E-state index is 0.0541. The van der Waals surface area contributed by atoms with E-state index in [1.54, 1.807) is 30.3 Å². The van der Waals surface area contributed by atoms with Crippen molar-refractivity contribution in [2.45, 2.75) is 18.9 Å². The number of amides is 1. The Morgan fingerprint density at radius 3 is 2.33 bits per heavy atom. The molecule has 1 N–H and O–H groups in total. The van der Waals surface area contributed by atoms with Gasteiger partial charge in [-0.15, -0.1) is 0 Å². The second-order valence-corrected chi connectivity index (χ2v) is 8.24. The van der Waals surface area contributed by atoms with E-state index in [9.17, 15) is 17.6 Å². The highest BCUT2D eigenvalue weighted by Crippen LogP contribution is 2.27. The molecule has 0 unspecified atom stereocenters. The Morgan fingerprint density at radius 1 is 1.11 bits per heavy atom. The molecule has 27 heavy (non-hydrogen) atoms. The van der Waals surface area contributed by atoms with E-state index in [1.165, 1.54) is 28.8 Å². The molecule has 1 saturated heterocycles. The molecule has 0 aromatic heterocycles. The van der Waals surface area contributed by atoms with Gasteiger partial charge in [0, 0.05) is 24.9 Å². The zero-order chi connectivity index (χ0) is 19.4. The maximum absolute atomic E-state index is 13.7. The first-order valence-corrected chi connectivity index (χ1v) is 10.4. The lowest BCUT2D eigenvalue weighted by atomic mass is 10.1. The highest BCUT2D eigenvalue weighted by molar-refractivity contribution is 7.92. The number of hydrogen-bond donors (Lipinski definition) is 1. The number of anilines is 2. The largest absolute Gasteiger partial charge is 0.381 e. The molecule has 1 amide bonds. The van der Waals surface area contributed by atoms with Crippen LogP contribution in [0, 0.1) is 5.82 Å². The van der Waals surface area contributed by atoms with Gasteiger partial charge in [-0.1, -0.05) is 12.1 Å². The summed E-state index contributed by atoms with van der Waals surface area (Å²) in [5, 5.41) is 2.62. The lowest BCUT2D eigenvalue weighted by molar-refractivity contribution is 0.0875. The quantitative estimate of drug-likeness (QED) is 0.849. The van der Waals surface area contributed by atoms with Crippen molar-refractivity contribution in [3.8, 4) is 0 Å². The van der Waals surface area contributed by atoms with Gasteiger partial charge in [-0.05, 0) is 49.2 Å². The Labute approximate surface area is 158 Å². The minimum atomic E-state index is -3.46. The molecule has 2 aromatic carbocycles. The van der Waals surface area contributed by atoms with Crippen LogP contribution in [0.15, 0.2) is 48.5 Å². The molecule has 1 fully saturated rings. The molecule has 1 aliphatic rings. The first-order valence-electron chi connectivity index (χ1n) is 8.59. The second kappa shape index (κ2) is 8.06. The summed E-state index contributed by atoms with van der Waals surface area (Å²) >= 11 is 0. The van der Waals surface area contributed by atoms with Gasteiger partial charge < -0.3 is 10.1 Å². The molecule has 2 aromatic rings. The zero-order valence-corrected chi connectivity index (χ0v) is 15.7. The number of rotatable bonds is 5. The molecule has 0 spiro atoms. The van der Waals surface area contributed by atoms with E-state index in [0.717, 1.165) is 0 Å². The topological polar surface area (TPSA) is 75.7 Å². The van der Waals surface area contributed by atoms with Crippen LogP contribution in [-0.2, 0) is 14.8 Å².